The first kappa shape index (κ1) is 17.5. The normalized spacial score (nSPS) is 34.9. The largest absolute Gasteiger partial charge is 0.508 e. The van der Waals surface area contributed by atoms with Crippen molar-refractivity contribution in [2.75, 3.05) is 0 Å². The summed E-state index contributed by atoms with van der Waals surface area (Å²) in [5, 5.41) is 20.6. The van der Waals surface area contributed by atoms with E-state index in [1.54, 1.807) is 0 Å². The van der Waals surface area contributed by atoms with Crippen molar-refractivity contribution < 1.29 is 10.2 Å². The van der Waals surface area contributed by atoms with E-state index in [9.17, 15) is 10.2 Å². The van der Waals surface area contributed by atoms with Crippen molar-refractivity contribution in [2.45, 2.75) is 70.1 Å². The number of aromatic hydroxyl groups is 2. The predicted molar refractivity (Wildman–Crippen MR) is 106 cm³/mol. The number of benzene rings is 2. The van der Waals surface area contributed by atoms with Crippen LogP contribution in [0.1, 0.15) is 76.1 Å². The monoisotopic (exact) mass is 350 g/mol. The Morgan fingerprint density at radius 1 is 0.846 bits per heavy atom. The minimum atomic E-state index is -0.155. The molecule has 2 N–H and O–H groups in total. The van der Waals surface area contributed by atoms with Gasteiger partial charge < -0.3 is 10.2 Å². The van der Waals surface area contributed by atoms with E-state index < -0.39 is 0 Å². The van der Waals surface area contributed by atoms with Gasteiger partial charge in [0.15, 0.2) is 0 Å². The molecule has 0 aromatic heterocycles. The lowest BCUT2D eigenvalue weighted by molar-refractivity contribution is 0.216. The molecule has 0 radical (unpaired) electrons. The fourth-order valence-electron chi connectivity index (χ4n) is 6.08. The van der Waals surface area contributed by atoms with Gasteiger partial charge in [0.1, 0.15) is 11.5 Å². The molecule has 2 heteroatoms. The van der Waals surface area contributed by atoms with Crippen molar-refractivity contribution in [3.05, 3.63) is 58.7 Å². The first-order valence-corrected chi connectivity index (χ1v) is 9.91. The molecule has 0 fully saturated rings. The van der Waals surface area contributed by atoms with Gasteiger partial charge in [-0.2, -0.15) is 0 Å². The summed E-state index contributed by atoms with van der Waals surface area (Å²) >= 11 is 0. The molecule has 138 valence electrons. The molecule has 2 aliphatic carbocycles. The molecule has 2 nitrogen and oxygen atoms in total. The summed E-state index contributed by atoms with van der Waals surface area (Å²) in [5.74, 6) is 1.07. The fraction of sp³-hybridized carbons (Fsp3) is 0.500. The molecule has 4 unspecified atom stereocenters. The van der Waals surface area contributed by atoms with Gasteiger partial charge in [-0.15, -0.1) is 0 Å². The van der Waals surface area contributed by atoms with Crippen LogP contribution in [0.5, 0.6) is 11.5 Å². The quantitative estimate of drug-likeness (QED) is 0.721. The van der Waals surface area contributed by atoms with Gasteiger partial charge in [-0.05, 0) is 82.5 Å². The van der Waals surface area contributed by atoms with E-state index in [0.717, 1.165) is 19.3 Å². The topological polar surface area (TPSA) is 40.5 Å². The maximum absolute atomic E-state index is 10.3. The average molecular weight is 351 g/mol. The zero-order valence-electron chi connectivity index (χ0n) is 16.6. The van der Waals surface area contributed by atoms with Crippen LogP contribution in [0, 0.1) is 5.92 Å². The molecule has 0 amide bonds. The van der Waals surface area contributed by atoms with Gasteiger partial charge >= 0.3 is 0 Å². The molecule has 0 bridgehead atoms. The summed E-state index contributed by atoms with van der Waals surface area (Å²) in [6, 6.07) is 11.9. The van der Waals surface area contributed by atoms with Crippen molar-refractivity contribution in [1.82, 2.24) is 0 Å². The van der Waals surface area contributed by atoms with Crippen molar-refractivity contribution in [3.63, 3.8) is 0 Å². The average Bonchev–Trinajstić information content (AvgIpc) is 2.99. The van der Waals surface area contributed by atoms with Crippen molar-refractivity contribution in [3.8, 4) is 11.5 Å². The molecule has 4 atom stereocenters. The highest BCUT2D eigenvalue weighted by Crippen LogP contribution is 2.67. The Hall–Kier alpha value is -1.96. The van der Waals surface area contributed by atoms with E-state index >= 15 is 0 Å². The third-order valence-electron chi connectivity index (χ3n) is 8.11. The minimum Gasteiger partial charge on any atom is -0.508 e. The highest BCUT2D eigenvalue weighted by atomic mass is 16.3. The van der Waals surface area contributed by atoms with Crippen molar-refractivity contribution in [2.24, 2.45) is 5.92 Å². The molecule has 0 aliphatic heterocycles. The van der Waals surface area contributed by atoms with Crippen LogP contribution in [0.4, 0.5) is 0 Å². The molecule has 1 spiro atoms. The molecule has 26 heavy (non-hydrogen) atoms. The lowest BCUT2D eigenvalue weighted by Gasteiger charge is -2.39. The van der Waals surface area contributed by atoms with Crippen LogP contribution in [0.15, 0.2) is 36.4 Å². The third-order valence-corrected chi connectivity index (χ3v) is 8.11. The number of rotatable bonds is 2. The summed E-state index contributed by atoms with van der Waals surface area (Å²) < 4.78 is 0. The van der Waals surface area contributed by atoms with Crippen LogP contribution in [0.25, 0.3) is 0 Å². The van der Waals surface area contributed by atoms with Crippen LogP contribution in [-0.4, -0.2) is 10.2 Å². The Balaban J connectivity index is 2.10. The van der Waals surface area contributed by atoms with E-state index in [2.05, 4.69) is 46.8 Å². The van der Waals surface area contributed by atoms with Crippen molar-refractivity contribution in [1.29, 1.82) is 0 Å². The Morgan fingerprint density at radius 3 is 1.92 bits per heavy atom. The summed E-state index contributed by atoms with van der Waals surface area (Å²) in [6.07, 6.45) is 3.16. The second-order valence-electron chi connectivity index (χ2n) is 9.01. The summed E-state index contributed by atoms with van der Waals surface area (Å²) in [4.78, 5) is 0. The first-order valence-electron chi connectivity index (χ1n) is 9.91. The molecule has 2 aromatic rings. The Kier molecular flexibility index (Phi) is 3.54. The molecular formula is C24H30O2. The van der Waals surface area contributed by atoms with Gasteiger partial charge in [0, 0.05) is 5.41 Å². The molecule has 2 aromatic carbocycles. The lowest BCUT2D eigenvalue weighted by atomic mass is 9.63. The molecule has 0 saturated heterocycles. The van der Waals surface area contributed by atoms with Gasteiger partial charge in [-0.1, -0.05) is 46.8 Å². The van der Waals surface area contributed by atoms with Crippen LogP contribution < -0.4 is 0 Å². The molecule has 2 aliphatic rings. The standard InChI is InChI=1S/C24H30O2/c1-6-22(4)14-24(20-12-16(25)8-10-18(20)22)15(3)23(5,7-2)19-11-9-17(26)13-21(19)24/h8-13,15,25-26H,6-7,14H2,1-5H3. The summed E-state index contributed by atoms with van der Waals surface area (Å²) in [7, 11) is 0. The maximum atomic E-state index is 10.3. The van der Waals surface area contributed by atoms with Gasteiger partial charge in [0.25, 0.3) is 0 Å². The van der Waals surface area contributed by atoms with Gasteiger partial charge in [0.05, 0.1) is 0 Å². The smallest absolute Gasteiger partial charge is 0.115 e. The van der Waals surface area contributed by atoms with E-state index in [0.29, 0.717) is 17.4 Å². The van der Waals surface area contributed by atoms with Crippen LogP contribution >= 0.6 is 0 Å². The Labute approximate surface area is 156 Å². The highest BCUT2D eigenvalue weighted by Gasteiger charge is 2.61. The summed E-state index contributed by atoms with van der Waals surface area (Å²) in [5.41, 5.74) is 5.23. The third kappa shape index (κ3) is 1.88. The molecule has 0 heterocycles. The van der Waals surface area contributed by atoms with E-state index in [-0.39, 0.29) is 16.2 Å². The number of hydrogen-bond acceptors (Lipinski definition) is 2. The van der Waals surface area contributed by atoms with E-state index in [1.165, 1.54) is 22.3 Å². The fourth-order valence-corrected chi connectivity index (χ4v) is 6.08. The van der Waals surface area contributed by atoms with Crippen LogP contribution in [-0.2, 0) is 16.2 Å². The zero-order chi connectivity index (χ0) is 18.9. The lowest BCUT2D eigenvalue weighted by Crippen LogP contribution is -2.38. The number of hydrogen-bond donors (Lipinski definition) is 2. The number of phenols is 2. The molecule has 4 rings (SSSR count). The second-order valence-corrected chi connectivity index (χ2v) is 9.01. The molecule has 0 saturated carbocycles. The van der Waals surface area contributed by atoms with Gasteiger partial charge in [-0.25, -0.2) is 0 Å². The Bertz CT molecular complexity index is 870. The van der Waals surface area contributed by atoms with Gasteiger partial charge in [0.2, 0.25) is 0 Å². The highest BCUT2D eigenvalue weighted by molar-refractivity contribution is 5.63. The number of phenolic OH excluding ortho intramolecular Hbond substituents is 2. The second kappa shape index (κ2) is 5.28. The zero-order valence-corrected chi connectivity index (χ0v) is 16.6. The Morgan fingerprint density at radius 2 is 1.38 bits per heavy atom. The van der Waals surface area contributed by atoms with E-state index in [4.69, 9.17) is 0 Å². The predicted octanol–water partition coefficient (Wildman–Crippen LogP) is 5.77. The van der Waals surface area contributed by atoms with Crippen LogP contribution in [0.2, 0.25) is 0 Å². The molecular weight excluding hydrogens is 320 g/mol. The van der Waals surface area contributed by atoms with Crippen molar-refractivity contribution >= 4 is 0 Å². The minimum absolute atomic E-state index is 0.0603. The SMILES string of the molecule is CCC1(C)CC2(c3cc(O)ccc31)c1cc(O)ccc1C(C)(CC)C2C. The number of fused-ring (bicyclic) bond motifs is 4. The van der Waals surface area contributed by atoms with E-state index in [1.807, 2.05) is 24.3 Å². The van der Waals surface area contributed by atoms with Gasteiger partial charge in [-0.3, -0.25) is 0 Å². The van der Waals surface area contributed by atoms with Crippen LogP contribution in [0.3, 0.4) is 0 Å². The maximum Gasteiger partial charge on any atom is 0.115 e. The summed E-state index contributed by atoms with van der Waals surface area (Å²) in [6.45, 7) is 11.6. The first-order chi connectivity index (χ1) is 12.2.